The average molecular weight is 544 g/mol. The second kappa shape index (κ2) is 16.5. The number of hydrogen-bond donors (Lipinski definition) is 2. The van der Waals surface area contributed by atoms with Crippen molar-refractivity contribution >= 4 is 31.9 Å². The van der Waals surface area contributed by atoms with Gasteiger partial charge in [0.25, 0.3) is 0 Å². The lowest BCUT2D eigenvalue weighted by Gasteiger charge is -2.28. The Kier molecular flexibility index (Phi) is 13.5. The van der Waals surface area contributed by atoms with Crippen LogP contribution in [0.4, 0.5) is 5.95 Å². The summed E-state index contributed by atoms with van der Waals surface area (Å²) >= 11 is 0. The van der Waals surface area contributed by atoms with Gasteiger partial charge in [0.1, 0.15) is 0 Å². The van der Waals surface area contributed by atoms with Crippen LogP contribution in [0, 0.1) is 13.8 Å². The van der Waals surface area contributed by atoms with Gasteiger partial charge in [-0.25, -0.2) is 9.97 Å². The van der Waals surface area contributed by atoms with Gasteiger partial charge in [-0.3, -0.25) is 0 Å². The SMILES string of the molecule is CC.CC.CCC1=CCN(/C(=C(\NC)c2ccc(C)cc2)c2ccnc(NCc3ccc(P)cc3C)n2)C=C1. The van der Waals surface area contributed by atoms with Crippen LogP contribution in [-0.4, -0.2) is 28.5 Å². The van der Waals surface area contributed by atoms with Crippen LogP contribution in [0.5, 0.6) is 0 Å². The molecule has 39 heavy (non-hydrogen) atoms. The summed E-state index contributed by atoms with van der Waals surface area (Å²) in [5.41, 5.74) is 9.09. The number of aromatic nitrogens is 2. The first-order valence-corrected chi connectivity index (χ1v) is 14.6. The second-order valence-corrected chi connectivity index (χ2v) is 9.41. The van der Waals surface area contributed by atoms with Crippen LogP contribution in [0.15, 0.2) is 78.7 Å². The molecule has 1 unspecified atom stereocenters. The van der Waals surface area contributed by atoms with Crippen molar-refractivity contribution in [1.82, 2.24) is 20.2 Å². The Hall–Kier alpha value is -3.43. The fraction of sp³-hybridized carbons (Fsp3) is 0.333. The van der Waals surface area contributed by atoms with Gasteiger partial charge < -0.3 is 15.5 Å². The van der Waals surface area contributed by atoms with E-state index >= 15 is 0 Å². The van der Waals surface area contributed by atoms with E-state index in [1.54, 1.807) is 0 Å². The summed E-state index contributed by atoms with van der Waals surface area (Å²) in [6.07, 6.45) is 9.47. The van der Waals surface area contributed by atoms with Crippen LogP contribution in [0.25, 0.3) is 11.4 Å². The largest absolute Gasteiger partial charge is 0.386 e. The number of aryl methyl sites for hydroxylation is 2. The van der Waals surface area contributed by atoms with E-state index in [1.165, 1.54) is 27.6 Å². The van der Waals surface area contributed by atoms with Gasteiger partial charge in [-0.2, -0.15) is 0 Å². The maximum absolute atomic E-state index is 4.94. The van der Waals surface area contributed by atoms with Gasteiger partial charge in [0.2, 0.25) is 5.95 Å². The van der Waals surface area contributed by atoms with Crippen molar-refractivity contribution in [3.8, 4) is 0 Å². The first-order chi connectivity index (χ1) is 19.0. The van der Waals surface area contributed by atoms with E-state index in [0.717, 1.165) is 35.6 Å². The van der Waals surface area contributed by atoms with Crippen LogP contribution in [0.3, 0.4) is 0 Å². The van der Waals surface area contributed by atoms with Gasteiger partial charge in [-0.15, -0.1) is 9.24 Å². The second-order valence-electron chi connectivity index (χ2n) is 8.75. The monoisotopic (exact) mass is 543 g/mol. The lowest BCUT2D eigenvalue weighted by Crippen LogP contribution is -2.24. The number of allylic oxidation sites excluding steroid dienone is 2. The first kappa shape index (κ1) is 31.8. The minimum atomic E-state index is 0.611. The molecule has 0 aliphatic carbocycles. The van der Waals surface area contributed by atoms with Crippen molar-refractivity contribution in [2.45, 2.75) is 61.4 Å². The molecule has 1 atom stereocenters. The van der Waals surface area contributed by atoms with Crippen molar-refractivity contribution in [3.05, 3.63) is 107 Å². The number of benzene rings is 2. The fourth-order valence-electron chi connectivity index (χ4n) is 4.16. The first-order valence-electron chi connectivity index (χ1n) is 14.0. The van der Waals surface area contributed by atoms with Crippen molar-refractivity contribution < 1.29 is 0 Å². The van der Waals surface area contributed by atoms with E-state index in [4.69, 9.17) is 4.98 Å². The molecule has 208 valence electrons. The third kappa shape index (κ3) is 8.80. The molecule has 2 N–H and O–H groups in total. The van der Waals surface area contributed by atoms with E-state index in [0.29, 0.717) is 12.5 Å². The zero-order chi connectivity index (χ0) is 28.8. The summed E-state index contributed by atoms with van der Waals surface area (Å²) in [6, 6.07) is 17.0. The summed E-state index contributed by atoms with van der Waals surface area (Å²) in [6.45, 7) is 15.9. The van der Waals surface area contributed by atoms with E-state index in [2.05, 4.69) is 111 Å². The van der Waals surface area contributed by atoms with E-state index < -0.39 is 0 Å². The third-order valence-electron chi connectivity index (χ3n) is 6.24. The minimum absolute atomic E-state index is 0.611. The molecule has 0 fully saturated rings. The highest BCUT2D eigenvalue weighted by Crippen LogP contribution is 2.29. The van der Waals surface area contributed by atoms with Gasteiger partial charge in [-0.1, -0.05) is 88.7 Å². The van der Waals surface area contributed by atoms with Crippen LogP contribution < -0.4 is 15.9 Å². The number of rotatable bonds is 8. The predicted molar refractivity (Wildman–Crippen MR) is 174 cm³/mol. The molecule has 6 heteroatoms. The Morgan fingerprint density at radius 2 is 1.72 bits per heavy atom. The molecule has 1 aliphatic rings. The van der Waals surface area contributed by atoms with E-state index in [-0.39, 0.29) is 0 Å². The molecule has 2 aromatic carbocycles. The molecule has 3 aromatic rings. The van der Waals surface area contributed by atoms with Crippen LogP contribution in [-0.2, 0) is 6.54 Å². The van der Waals surface area contributed by atoms with Gasteiger partial charge in [0.05, 0.1) is 17.1 Å². The standard InChI is InChI=1S/C29H34N5P.2C2H6/c1-5-22-13-16-34(17-14-22)28(27(30-4)23-8-6-20(2)7-9-23)26-12-15-31-29(33-26)32-19-24-10-11-25(35)18-21(24)3;2*1-2/h6-16,18,30H,5,17,19,35H2,1-4H3,(H,31,32,33);2*1-2H3/b28-27-;;. The predicted octanol–water partition coefficient (Wildman–Crippen LogP) is 7.47. The smallest absolute Gasteiger partial charge is 0.223 e. The Labute approximate surface area is 238 Å². The fourth-order valence-corrected chi connectivity index (χ4v) is 4.51. The normalized spacial score (nSPS) is 12.7. The molecule has 0 saturated heterocycles. The van der Waals surface area contributed by atoms with Crippen LogP contribution in [0.1, 0.15) is 69.0 Å². The van der Waals surface area contributed by atoms with Crippen LogP contribution >= 0.6 is 9.24 Å². The highest BCUT2D eigenvalue weighted by Gasteiger charge is 2.19. The van der Waals surface area contributed by atoms with Crippen LogP contribution in [0.2, 0.25) is 0 Å². The summed E-state index contributed by atoms with van der Waals surface area (Å²) in [4.78, 5) is 11.7. The zero-order valence-electron chi connectivity index (χ0n) is 25.0. The average Bonchev–Trinajstić information content (AvgIpc) is 2.98. The molecular formula is C33H46N5P. The topological polar surface area (TPSA) is 53.1 Å². The van der Waals surface area contributed by atoms with Crippen molar-refractivity contribution in [3.63, 3.8) is 0 Å². The van der Waals surface area contributed by atoms with Gasteiger partial charge >= 0.3 is 0 Å². The number of hydrogen-bond acceptors (Lipinski definition) is 5. The molecule has 0 amide bonds. The Balaban J connectivity index is 0.00000127. The minimum Gasteiger partial charge on any atom is -0.386 e. The number of nitrogens with zero attached hydrogens (tertiary/aromatic N) is 3. The number of nitrogens with one attached hydrogen (secondary N) is 2. The van der Waals surface area contributed by atoms with E-state index in [1.807, 2.05) is 47.0 Å². The highest BCUT2D eigenvalue weighted by atomic mass is 31.0. The maximum Gasteiger partial charge on any atom is 0.223 e. The molecule has 1 aromatic heterocycles. The molecule has 1 aliphatic heterocycles. The summed E-state index contributed by atoms with van der Waals surface area (Å²) in [5.74, 6) is 0.611. The summed E-state index contributed by atoms with van der Waals surface area (Å²) < 4.78 is 0. The van der Waals surface area contributed by atoms with Crippen molar-refractivity contribution in [1.29, 1.82) is 0 Å². The molecule has 0 saturated carbocycles. The quantitative estimate of drug-likeness (QED) is 0.289. The lowest BCUT2D eigenvalue weighted by atomic mass is 10.0. The van der Waals surface area contributed by atoms with Crippen molar-refractivity contribution in [2.24, 2.45) is 0 Å². The van der Waals surface area contributed by atoms with E-state index in [9.17, 15) is 0 Å². The Morgan fingerprint density at radius 3 is 2.31 bits per heavy atom. The molecule has 0 bridgehead atoms. The van der Waals surface area contributed by atoms with Gasteiger partial charge in [-0.05, 0) is 60.0 Å². The molecular weight excluding hydrogens is 497 g/mol. The summed E-state index contributed by atoms with van der Waals surface area (Å²) in [7, 11) is 4.72. The number of anilines is 1. The zero-order valence-corrected chi connectivity index (χ0v) is 26.1. The van der Waals surface area contributed by atoms with Gasteiger partial charge in [0.15, 0.2) is 0 Å². The van der Waals surface area contributed by atoms with Crippen molar-refractivity contribution in [2.75, 3.05) is 18.9 Å². The Bertz CT molecular complexity index is 1280. The molecule has 0 radical (unpaired) electrons. The molecule has 2 heterocycles. The molecule has 5 nitrogen and oxygen atoms in total. The maximum atomic E-state index is 4.94. The molecule has 4 rings (SSSR count). The lowest BCUT2D eigenvalue weighted by molar-refractivity contribution is 0.578. The Morgan fingerprint density at radius 1 is 1.00 bits per heavy atom. The summed E-state index contributed by atoms with van der Waals surface area (Å²) in [5, 5.41) is 8.05. The molecule has 0 spiro atoms. The highest BCUT2D eigenvalue weighted by molar-refractivity contribution is 7.27. The third-order valence-corrected chi connectivity index (χ3v) is 6.60. The van der Waals surface area contributed by atoms with Gasteiger partial charge in [0, 0.05) is 32.5 Å².